The van der Waals surface area contributed by atoms with Gasteiger partial charge in [0.05, 0.1) is 12.1 Å². The lowest BCUT2D eigenvalue weighted by Crippen LogP contribution is -2.47. The Balaban J connectivity index is 1.72. The molecule has 1 aliphatic rings. The lowest BCUT2D eigenvalue weighted by Gasteiger charge is -2.28. The van der Waals surface area contributed by atoms with Crippen LogP contribution in [0.25, 0.3) is 10.8 Å². The second-order valence-electron chi connectivity index (χ2n) is 6.27. The number of amides is 1. The summed E-state index contributed by atoms with van der Waals surface area (Å²) in [5.41, 5.74) is 7.28. The number of hydrogen-bond donors (Lipinski definition) is 2. The van der Waals surface area contributed by atoms with Crippen LogP contribution in [0.15, 0.2) is 42.5 Å². The van der Waals surface area contributed by atoms with E-state index < -0.39 is 6.04 Å². The molecule has 2 unspecified atom stereocenters. The molecule has 0 aromatic heterocycles. The van der Waals surface area contributed by atoms with Crippen LogP contribution in [0.3, 0.4) is 0 Å². The van der Waals surface area contributed by atoms with Gasteiger partial charge in [-0.25, -0.2) is 0 Å². The number of rotatable bonds is 4. The lowest BCUT2D eigenvalue weighted by molar-refractivity contribution is -0.125. The monoisotopic (exact) mass is 312 g/mol. The lowest BCUT2D eigenvalue weighted by atomic mass is 9.91. The molecule has 3 N–H and O–H groups in total. The average molecular weight is 312 g/mol. The highest BCUT2D eigenvalue weighted by atomic mass is 16.5. The van der Waals surface area contributed by atoms with Crippen LogP contribution in [-0.4, -0.2) is 25.2 Å². The maximum Gasteiger partial charge on any atom is 0.237 e. The van der Waals surface area contributed by atoms with Crippen molar-refractivity contribution in [3.05, 3.63) is 48.0 Å². The predicted molar refractivity (Wildman–Crippen MR) is 92.0 cm³/mol. The minimum Gasteiger partial charge on any atom is -0.381 e. The normalized spacial score (nSPS) is 18.5. The van der Waals surface area contributed by atoms with Crippen LogP contribution in [0.2, 0.25) is 0 Å². The molecule has 1 aliphatic heterocycles. The predicted octanol–water partition coefficient (Wildman–Crippen LogP) is 2.77. The van der Waals surface area contributed by atoms with Crippen LogP contribution in [0.1, 0.15) is 31.4 Å². The molecule has 1 saturated heterocycles. The Kier molecular flexibility index (Phi) is 4.94. The van der Waals surface area contributed by atoms with E-state index in [9.17, 15) is 4.79 Å². The minimum absolute atomic E-state index is 0.0699. The van der Waals surface area contributed by atoms with Crippen LogP contribution >= 0.6 is 0 Å². The van der Waals surface area contributed by atoms with Crippen LogP contribution in [0, 0.1) is 5.92 Å². The summed E-state index contributed by atoms with van der Waals surface area (Å²) >= 11 is 0. The maximum atomic E-state index is 12.5. The van der Waals surface area contributed by atoms with Gasteiger partial charge in [0.25, 0.3) is 0 Å². The molecular formula is C19H24N2O2. The van der Waals surface area contributed by atoms with Gasteiger partial charge in [0.15, 0.2) is 0 Å². The Bertz CT molecular complexity index is 675. The first kappa shape index (κ1) is 16.0. The highest BCUT2D eigenvalue weighted by Gasteiger charge is 2.27. The van der Waals surface area contributed by atoms with E-state index in [0.717, 1.165) is 18.4 Å². The standard InChI is InChI=1S/C19H24N2O2/c1-13(16-8-4-6-14-5-2-3-7-17(14)16)21-19(22)18(20)15-9-11-23-12-10-15/h2-8,13,15,18H,9-12,20H2,1H3,(H,21,22). The second-order valence-corrected chi connectivity index (χ2v) is 6.27. The Morgan fingerprint density at radius 1 is 1.17 bits per heavy atom. The Labute approximate surface area is 137 Å². The molecule has 1 amide bonds. The third kappa shape index (κ3) is 3.54. The van der Waals surface area contributed by atoms with Crippen LogP contribution in [0.4, 0.5) is 0 Å². The zero-order chi connectivity index (χ0) is 16.2. The number of nitrogens with two attached hydrogens (primary N) is 1. The van der Waals surface area contributed by atoms with E-state index in [1.807, 2.05) is 25.1 Å². The minimum atomic E-state index is -0.462. The number of carbonyl (C=O) groups excluding carboxylic acids is 1. The van der Waals surface area contributed by atoms with Gasteiger partial charge in [-0.3, -0.25) is 4.79 Å². The molecule has 0 saturated carbocycles. The summed E-state index contributed by atoms with van der Waals surface area (Å²) in [5, 5.41) is 5.43. The van der Waals surface area contributed by atoms with Crippen molar-refractivity contribution in [1.82, 2.24) is 5.32 Å². The number of nitrogens with one attached hydrogen (secondary N) is 1. The molecule has 23 heavy (non-hydrogen) atoms. The van der Waals surface area contributed by atoms with Crippen molar-refractivity contribution in [3.8, 4) is 0 Å². The number of ether oxygens (including phenoxy) is 1. The fourth-order valence-electron chi connectivity index (χ4n) is 3.30. The first-order chi connectivity index (χ1) is 11.2. The van der Waals surface area contributed by atoms with Crippen molar-refractivity contribution in [3.63, 3.8) is 0 Å². The fraction of sp³-hybridized carbons (Fsp3) is 0.421. The molecule has 1 heterocycles. The van der Waals surface area contributed by atoms with Crippen molar-refractivity contribution in [2.75, 3.05) is 13.2 Å². The highest BCUT2D eigenvalue weighted by molar-refractivity contribution is 5.87. The van der Waals surface area contributed by atoms with Crippen LogP contribution in [0.5, 0.6) is 0 Å². The molecule has 2 aromatic rings. The zero-order valence-electron chi connectivity index (χ0n) is 13.5. The van der Waals surface area contributed by atoms with Gasteiger partial charge in [0.1, 0.15) is 0 Å². The van der Waals surface area contributed by atoms with Crippen molar-refractivity contribution in [2.24, 2.45) is 11.7 Å². The molecule has 122 valence electrons. The van der Waals surface area contributed by atoms with Gasteiger partial charge in [-0.15, -0.1) is 0 Å². The smallest absolute Gasteiger partial charge is 0.237 e. The molecule has 4 nitrogen and oxygen atoms in total. The van der Waals surface area contributed by atoms with Gasteiger partial charge in [-0.2, -0.15) is 0 Å². The van der Waals surface area contributed by atoms with E-state index in [1.54, 1.807) is 0 Å². The van der Waals surface area contributed by atoms with E-state index in [4.69, 9.17) is 10.5 Å². The summed E-state index contributed by atoms with van der Waals surface area (Å²) in [4.78, 5) is 12.5. The van der Waals surface area contributed by atoms with Crippen molar-refractivity contribution < 1.29 is 9.53 Å². The molecular weight excluding hydrogens is 288 g/mol. The van der Waals surface area contributed by atoms with Gasteiger partial charge in [0.2, 0.25) is 5.91 Å². The fourth-order valence-corrected chi connectivity index (χ4v) is 3.30. The summed E-state index contributed by atoms with van der Waals surface area (Å²) in [6, 6.07) is 13.9. The summed E-state index contributed by atoms with van der Waals surface area (Å²) in [7, 11) is 0. The average Bonchev–Trinajstić information content (AvgIpc) is 2.61. The molecule has 3 rings (SSSR count). The van der Waals surface area contributed by atoms with Crippen LogP contribution in [-0.2, 0) is 9.53 Å². The van der Waals surface area contributed by atoms with Gasteiger partial charge in [-0.1, -0.05) is 42.5 Å². The molecule has 0 bridgehead atoms. The number of fused-ring (bicyclic) bond motifs is 1. The van der Waals surface area contributed by atoms with Gasteiger partial charge in [0, 0.05) is 13.2 Å². The molecule has 0 spiro atoms. The Morgan fingerprint density at radius 2 is 1.87 bits per heavy atom. The molecule has 0 radical (unpaired) electrons. The van der Waals surface area contributed by atoms with E-state index in [-0.39, 0.29) is 17.9 Å². The number of hydrogen-bond acceptors (Lipinski definition) is 3. The van der Waals surface area contributed by atoms with E-state index in [2.05, 4.69) is 29.6 Å². The van der Waals surface area contributed by atoms with Crippen molar-refractivity contribution in [2.45, 2.75) is 31.8 Å². The largest absolute Gasteiger partial charge is 0.381 e. The second kappa shape index (κ2) is 7.11. The maximum absolute atomic E-state index is 12.5. The molecule has 2 aromatic carbocycles. The van der Waals surface area contributed by atoms with Crippen molar-refractivity contribution in [1.29, 1.82) is 0 Å². The molecule has 0 aliphatic carbocycles. The van der Waals surface area contributed by atoms with Gasteiger partial charge < -0.3 is 15.8 Å². The molecule has 1 fully saturated rings. The van der Waals surface area contributed by atoms with Crippen molar-refractivity contribution >= 4 is 16.7 Å². The summed E-state index contributed by atoms with van der Waals surface area (Å²) in [6.45, 7) is 3.41. The molecule has 4 heteroatoms. The first-order valence-electron chi connectivity index (χ1n) is 8.28. The number of benzene rings is 2. The SMILES string of the molecule is CC(NC(=O)C(N)C1CCOCC1)c1cccc2ccccc12. The highest BCUT2D eigenvalue weighted by Crippen LogP contribution is 2.24. The Hall–Kier alpha value is -1.91. The Morgan fingerprint density at radius 3 is 2.65 bits per heavy atom. The van der Waals surface area contributed by atoms with Gasteiger partial charge >= 0.3 is 0 Å². The summed E-state index contributed by atoms with van der Waals surface area (Å²) < 4.78 is 5.34. The summed E-state index contributed by atoms with van der Waals surface area (Å²) in [5.74, 6) is 0.140. The quantitative estimate of drug-likeness (QED) is 0.912. The molecule has 2 atom stereocenters. The number of carbonyl (C=O) groups is 1. The summed E-state index contributed by atoms with van der Waals surface area (Å²) in [6.07, 6.45) is 1.72. The van der Waals surface area contributed by atoms with Crippen LogP contribution < -0.4 is 11.1 Å². The van der Waals surface area contributed by atoms with E-state index in [0.29, 0.717) is 13.2 Å². The third-order valence-electron chi connectivity index (χ3n) is 4.73. The first-order valence-corrected chi connectivity index (χ1v) is 8.28. The third-order valence-corrected chi connectivity index (χ3v) is 4.73. The van der Waals surface area contributed by atoms with E-state index >= 15 is 0 Å². The van der Waals surface area contributed by atoms with E-state index in [1.165, 1.54) is 10.8 Å². The van der Waals surface area contributed by atoms with Gasteiger partial charge in [-0.05, 0) is 42.0 Å². The zero-order valence-corrected chi connectivity index (χ0v) is 13.5. The topological polar surface area (TPSA) is 64.4 Å².